The largest absolute Gasteiger partial charge is 0.457 e. The van der Waals surface area contributed by atoms with Crippen LogP contribution >= 0.6 is 0 Å². The first-order chi connectivity index (χ1) is 28.4. The molecule has 294 valence electrons. The topological polar surface area (TPSA) is 12.5 Å². The second kappa shape index (κ2) is 11.2. The molecule has 2 nitrogen and oxygen atoms in total. The number of fused-ring (bicyclic) bond motifs is 11. The molecule has 2 heteroatoms. The third kappa shape index (κ3) is 4.19. The van der Waals surface area contributed by atoms with Gasteiger partial charge in [0.25, 0.3) is 0 Å². The average Bonchev–Trinajstić information content (AvgIpc) is 3.85. The molecular weight excluding hydrogens is 715 g/mol. The number of ether oxygens (including phenoxy) is 1. The van der Waals surface area contributed by atoms with Gasteiger partial charge >= 0.3 is 0 Å². The standard InChI is InChI=1S/C57H55NO/c1-53(2)25-26-54(3,4)52-44(53)17-12-18-47(52)58(38-20-22-41-40-15-10-11-16-42(40)55(5,6)45(41)31-38)39-21-23-43-49(32-39)59-48-24-19-36(35-13-8-7-9-14-35)29-46(48)57(43)50-28-34-27-37-30-51(57)56(37,50)33-34/h7-24,29,31-32,34,37,50-51H,25-28,30,33H2,1-6H3. The lowest BCUT2D eigenvalue weighted by Gasteiger charge is -2.77. The van der Waals surface area contributed by atoms with E-state index in [1.165, 1.54) is 105 Å². The minimum absolute atomic E-state index is 0.00400. The van der Waals surface area contributed by atoms with Crippen molar-refractivity contribution in [2.45, 2.75) is 102 Å². The van der Waals surface area contributed by atoms with Crippen LogP contribution in [-0.4, -0.2) is 0 Å². The van der Waals surface area contributed by atoms with Gasteiger partial charge in [-0.1, -0.05) is 126 Å². The zero-order valence-electron chi connectivity index (χ0n) is 35.5. The highest BCUT2D eigenvalue weighted by Crippen LogP contribution is 2.89. The molecule has 6 aromatic carbocycles. The normalized spacial score (nSPS) is 29.5. The minimum atomic E-state index is -0.0971. The Morgan fingerprint density at radius 2 is 1.25 bits per heavy atom. The van der Waals surface area contributed by atoms with Gasteiger partial charge in [0, 0.05) is 39.4 Å². The van der Waals surface area contributed by atoms with Crippen molar-refractivity contribution in [3.05, 3.63) is 161 Å². The Morgan fingerprint density at radius 3 is 2.10 bits per heavy atom. The van der Waals surface area contributed by atoms with Crippen molar-refractivity contribution in [3.63, 3.8) is 0 Å². The van der Waals surface area contributed by atoms with E-state index in [9.17, 15) is 0 Å². The summed E-state index contributed by atoms with van der Waals surface area (Å²) < 4.78 is 7.26. The predicted octanol–water partition coefficient (Wildman–Crippen LogP) is 14.9. The van der Waals surface area contributed by atoms with E-state index in [0.717, 1.165) is 29.8 Å². The predicted molar refractivity (Wildman–Crippen MR) is 242 cm³/mol. The first-order valence-corrected chi connectivity index (χ1v) is 22.6. The van der Waals surface area contributed by atoms with Gasteiger partial charge in [0.1, 0.15) is 11.5 Å². The zero-order valence-corrected chi connectivity index (χ0v) is 35.5. The molecule has 0 amide bonds. The molecule has 0 aromatic heterocycles. The molecule has 1 heterocycles. The minimum Gasteiger partial charge on any atom is -0.457 e. The number of rotatable bonds is 4. The maximum Gasteiger partial charge on any atom is 0.133 e. The fourth-order valence-corrected chi connectivity index (χ4v) is 15.2. The smallest absolute Gasteiger partial charge is 0.133 e. The van der Waals surface area contributed by atoms with Gasteiger partial charge in [0.2, 0.25) is 0 Å². The summed E-state index contributed by atoms with van der Waals surface area (Å²) >= 11 is 0. The maximum atomic E-state index is 7.26. The molecule has 13 rings (SSSR count). The Bertz CT molecular complexity index is 2790. The number of hydrogen-bond donors (Lipinski definition) is 0. The summed E-state index contributed by atoms with van der Waals surface area (Å²) in [6.07, 6.45) is 8.00. The second-order valence-electron chi connectivity index (χ2n) is 21.6. The number of anilines is 3. The molecule has 2 bridgehead atoms. The van der Waals surface area contributed by atoms with Crippen LogP contribution in [0.15, 0.2) is 127 Å². The van der Waals surface area contributed by atoms with Crippen LogP contribution in [0.1, 0.15) is 113 Å². The molecule has 6 atom stereocenters. The van der Waals surface area contributed by atoms with Gasteiger partial charge in [-0.3, -0.25) is 0 Å². The Balaban J connectivity index is 1.02. The lowest BCUT2D eigenvalue weighted by atomic mass is 9.26. The summed E-state index contributed by atoms with van der Waals surface area (Å²) in [4.78, 5) is 2.60. The molecule has 59 heavy (non-hydrogen) atoms. The van der Waals surface area contributed by atoms with E-state index in [4.69, 9.17) is 4.74 Å². The van der Waals surface area contributed by atoms with Crippen LogP contribution in [0.3, 0.4) is 0 Å². The highest BCUT2D eigenvalue weighted by atomic mass is 16.5. The van der Waals surface area contributed by atoms with Crippen LogP contribution in [0.25, 0.3) is 22.3 Å². The Kier molecular flexibility index (Phi) is 6.59. The van der Waals surface area contributed by atoms with Crippen LogP contribution in [0.5, 0.6) is 11.5 Å². The van der Waals surface area contributed by atoms with Gasteiger partial charge in [-0.05, 0) is 159 Å². The SMILES string of the molecule is CC1(C)CCC(C)(C)c2c(N(c3ccc4c(c3)Oc3ccc(-c5ccccc5)cc3C43C4CC5CC6CC3C64C5)c3ccc4c(c3)C(C)(C)c3ccccc3-4)cccc21. The van der Waals surface area contributed by atoms with E-state index in [0.29, 0.717) is 17.3 Å². The zero-order chi connectivity index (χ0) is 39.8. The van der Waals surface area contributed by atoms with Gasteiger partial charge in [0.15, 0.2) is 0 Å². The van der Waals surface area contributed by atoms with E-state index < -0.39 is 0 Å². The Morgan fingerprint density at radius 1 is 0.525 bits per heavy atom. The molecule has 7 aliphatic rings. The van der Waals surface area contributed by atoms with Crippen LogP contribution in [-0.2, 0) is 21.7 Å². The van der Waals surface area contributed by atoms with Crippen molar-refractivity contribution in [1.82, 2.24) is 0 Å². The molecule has 4 fully saturated rings. The van der Waals surface area contributed by atoms with Crippen LogP contribution in [0, 0.1) is 29.1 Å². The molecule has 6 unspecified atom stereocenters. The molecule has 4 saturated carbocycles. The van der Waals surface area contributed by atoms with Gasteiger partial charge in [-0.25, -0.2) is 0 Å². The van der Waals surface area contributed by atoms with E-state index >= 15 is 0 Å². The lowest BCUT2D eigenvalue weighted by Crippen LogP contribution is -2.74. The third-order valence-electron chi connectivity index (χ3n) is 17.8. The highest BCUT2D eigenvalue weighted by molar-refractivity contribution is 5.87. The number of hydrogen-bond acceptors (Lipinski definition) is 2. The molecule has 1 aliphatic heterocycles. The first kappa shape index (κ1) is 34.8. The van der Waals surface area contributed by atoms with Gasteiger partial charge in [0.05, 0.1) is 5.69 Å². The quantitative estimate of drug-likeness (QED) is 0.177. The molecule has 0 saturated heterocycles. The monoisotopic (exact) mass is 769 g/mol. The second-order valence-corrected chi connectivity index (χ2v) is 21.6. The van der Waals surface area contributed by atoms with Crippen molar-refractivity contribution in [1.29, 1.82) is 0 Å². The van der Waals surface area contributed by atoms with E-state index in [2.05, 4.69) is 174 Å². The van der Waals surface area contributed by atoms with Crippen LogP contribution in [0.2, 0.25) is 0 Å². The molecule has 0 N–H and O–H groups in total. The van der Waals surface area contributed by atoms with E-state index in [-0.39, 0.29) is 21.7 Å². The molecule has 6 aromatic rings. The maximum absolute atomic E-state index is 7.26. The highest BCUT2D eigenvalue weighted by Gasteiger charge is 2.84. The van der Waals surface area contributed by atoms with Crippen LogP contribution < -0.4 is 9.64 Å². The molecule has 2 spiro atoms. The summed E-state index contributed by atoms with van der Waals surface area (Å²) in [5, 5.41) is 0. The summed E-state index contributed by atoms with van der Waals surface area (Å²) in [6, 6.07) is 49.0. The molecule has 0 radical (unpaired) electrons. The van der Waals surface area contributed by atoms with Crippen molar-refractivity contribution >= 4 is 17.1 Å². The average molecular weight is 770 g/mol. The van der Waals surface area contributed by atoms with Crippen LogP contribution in [0.4, 0.5) is 17.1 Å². The summed E-state index contributed by atoms with van der Waals surface area (Å²) in [5.41, 5.74) is 18.2. The van der Waals surface area contributed by atoms with Crippen molar-refractivity contribution in [3.8, 4) is 33.8 Å². The fraction of sp³-hybridized carbons (Fsp3) is 0.368. The molecular formula is C57H55NO. The van der Waals surface area contributed by atoms with Crippen molar-refractivity contribution < 1.29 is 4.74 Å². The van der Waals surface area contributed by atoms with Crippen molar-refractivity contribution in [2.75, 3.05) is 4.90 Å². The van der Waals surface area contributed by atoms with Gasteiger partial charge in [-0.2, -0.15) is 0 Å². The number of nitrogens with zero attached hydrogens (tertiary/aromatic N) is 1. The van der Waals surface area contributed by atoms with Gasteiger partial charge < -0.3 is 9.64 Å². The summed E-state index contributed by atoms with van der Waals surface area (Å²) in [5.74, 6) is 5.33. The third-order valence-corrected chi connectivity index (χ3v) is 17.8. The van der Waals surface area contributed by atoms with Gasteiger partial charge in [-0.15, -0.1) is 0 Å². The number of benzene rings is 6. The molecule has 6 aliphatic carbocycles. The lowest BCUT2D eigenvalue weighted by molar-refractivity contribution is -0.235. The fourth-order valence-electron chi connectivity index (χ4n) is 15.2. The Hall–Kier alpha value is -5.08. The van der Waals surface area contributed by atoms with E-state index in [1.54, 1.807) is 0 Å². The first-order valence-electron chi connectivity index (χ1n) is 22.6. The summed E-state index contributed by atoms with van der Waals surface area (Å²) in [6.45, 7) is 14.6. The van der Waals surface area contributed by atoms with E-state index in [1.807, 2.05) is 0 Å². The Labute approximate surface area is 350 Å². The van der Waals surface area contributed by atoms with Crippen molar-refractivity contribution in [2.24, 2.45) is 29.1 Å². The summed E-state index contributed by atoms with van der Waals surface area (Å²) in [7, 11) is 0.